The summed E-state index contributed by atoms with van der Waals surface area (Å²) in [4.78, 5) is 50.8. The number of carbonyl (C=O) groups excluding carboxylic acids is 3. The summed E-state index contributed by atoms with van der Waals surface area (Å²) in [6.07, 6.45) is 1.40. The lowest BCUT2D eigenvalue weighted by molar-refractivity contribution is -0.384. The number of cyclic esters (lactones) is 1. The van der Waals surface area contributed by atoms with Gasteiger partial charge in [-0.3, -0.25) is 14.9 Å². The van der Waals surface area contributed by atoms with E-state index in [2.05, 4.69) is 4.99 Å². The first kappa shape index (κ1) is 24.8. The molecule has 1 aliphatic rings. The summed E-state index contributed by atoms with van der Waals surface area (Å²) in [6.45, 7) is 1.26. The molecule has 0 saturated heterocycles. The van der Waals surface area contributed by atoms with Crippen molar-refractivity contribution in [1.82, 2.24) is 0 Å². The lowest BCUT2D eigenvalue weighted by Gasteiger charge is -2.09. The van der Waals surface area contributed by atoms with Crippen LogP contribution in [0.1, 0.15) is 28.4 Å². The number of methoxy groups -OCH3 is 1. The number of para-hydroxylation sites is 1. The number of non-ortho nitro benzene ring substituents is 1. The maximum atomic E-state index is 12.6. The van der Waals surface area contributed by atoms with E-state index in [1.165, 1.54) is 62.6 Å². The Bertz CT molecular complexity index is 1470. The zero-order valence-electron chi connectivity index (χ0n) is 19.5. The summed E-state index contributed by atoms with van der Waals surface area (Å²) in [7, 11) is 1.40. The Balaban J connectivity index is 1.59. The van der Waals surface area contributed by atoms with Gasteiger partial charge in [0.25, 0.3) is 5.69 Å². The number of rotatable bonds is 7. The number of ether oxygens (including phenoxy) is 4. The molecular formula is C26H18N2O9. The van der Waals surface area contributed by atoms with Gasteiger partial charge in [-0.05, 0) is 42.5 Å². The first-order valence-corrected chi connectivity index (χ1v) is 10.7. The van der Waals surface area contributed by atoms with Crippen molar-refractivity contribution in [3.8, 4) is 17.2 Å². The van der Waals surface area contributed by atoms with Crippen LogP contribution in [0.25, 0.3) is 6.08 Å². The third-order valence-corrected chi connectivity index (χ3v) is 5.01. The third kappa shape index (κ3) is 5.68. The molecule has 4 rings (SSSR count). The summed E-state index contributed by atoms with van der Waals surface area (Å²) in [6, 6.07) is 16.0. The van der Waals surface area contributed by atoms with Gasteiger partial charge >= 0.3 is 17.9 Å². The molecule has 3 aromatic carbocycles. The molecule has 11 nitrogen and oxygen atoms in total. The van der Waals surface area contributed by atoms with Crippen LogP contribution < -0.4 is 14.2 Å². The van der Waals surface area contributed by atoms with Crippen LogP contribution >= 0.6 is 0 Å². The Morgan fingerprint density at radius 3 is 2.38 bits per heavy atom. The second-order valence-corrected chi connectivity index (χ2v) is 7.53. The molecule has 0 aliphatic carbocycles. The first-order chi connectivity index (χ1) is 17.7. The SMILES string of the molecule is COc1cc(C2=N/C(=C\c3ccccc3OC(=O)c3ccc([N+](=O)[O-])cc3)C(=O)O2)ccc1OC(C)=O. The van der Waals surface area contributed by atoms with E-state index in [-0.39, 0.29) is 40.1 Å². The van der Waals surface area contributed by atoms with E-state index < -0.39 is 22.8 Å². The number of hydrogen-bond donors (Lipinski definition) is 0. The van der Waals surface area contributed by atoms with Crippen molar-refractivity contribution >= 4 is 35.6 Å². The molecule has 11 heteroatoms. The third-order valence-electron chi connectivity index (χ3n) is 5.01. The van der Waals surface area contributed by atoms with Crippen LogP contribution in [0, 0.1) is 10.1 Å². The Hall–Kier alpha value is -5.32. The van der Waals surface area contributed by atoms with E-state index >= 15 is 0 Å². The number of aliphatic imine (C=N–C) groups is 1. The van der Waals surface area contributed by atoms with E-state index in [4.69, 9.17) is 18.9 Å². The number of esters is 3. The van der Waals surface area contributed by atoms with Crippen molar-refractivity contribution in [1.29, 1.82) is 0 Å². The van der Waals surface area contributed by atoms with Crippen LogP contribution in [0.5, 0.6) is 17.2 Å². The molecule has 0 spiro atoms. The second kappa shape index (κ2) is 10.5. The van der Waals surface area contributed by atoms with Crippen LogP contribution in [0.2, 0.25) is 0 Å². The van der Waals surface area contributed by atoms with Crippen LogP contribution in [0.15, 0.2) is 77.4 Å². The highest BCUT2D eigenvalue weighted by atomic mass is 16.6. The monoisotopic (exact) mass is 502 g/mol. The van der Waals surface area contributed by atoms with Crippen molar-refractivity contribution in [3.05, 3.63) is 99.2 Å². The molecule has 186 valence electrons. The van der Waals surface area contributed by atoms with Gasteiger partial charge in [-0.25, -0.2) is 14.6 Å². The lowest BCUT2D eigenvalue weighted by atomic mass is 10.1. The Morgan fingerprint density at radius 1 is 0.973 bits per heavy atom. The standard InChI is InChI=1S/C26H18N2O9/c1-15(29)35-22-12-9-18(14-23(22)34-2)24-27-20(26(31)37-24)13-17-5-3-4-6-21(17)36-25(30)16-7-10-19(11-8-16)28(32)33/h3-14H,1-2H3/b20-13-. The van der Waals surface area contributed by atoms with Crippen LogP contribution in [-0.4, -0.2) is 35.8 Å². The zero-order valence-corrected chi connectivity index (χ0v) is 19.5. The predicted octanol–water partition coefficient (Wildman–Crippen LogP) is 4.09. The smallest absolute Gasteiger partial charge is 0.363 e. The predicted molar refractivity (Wildman–Crippen MR) is 129 cm³/mol. The highest BCUT2D eigenvalue weighted by Gasteiger charge is 2.26. The van der Waals surface area contributed by atoms with Crippen molar-refractivity contribution < 1.29 is 38.3 Å². The molecule has 3 aromatic rings. The number of hydrogen-bond acceptors (Lipinski definition) is 10. The summed E-state index contributed by atoms with van der Waals surface area (Å²) in [5, 5.41) is 10.8. The Morgan fingerprint density at radius 2 is 1.70 bits per heavy atom. The van der Waals surface area contributed by atoms with E-state index in [0.717, 1.165) is 0 Å². The highest BCUT2D eigenvalue weighted by Crippen LogP contribution is 2.31. The minimum absolute atomic E-state index is 0.00396. The van der Waals surface area contributed by atoms with Gasteiger partial charge in [-0.15, -0.1) is 0 Å². The average molecular weight is 502 g/mol. The van der Waals surface area contributed by atoms with Gasteiger partial charge in [0.15, 0.2) is 17.2 Å². The van der Waals surface area contributed by atoms with Crippen LogP contribution in [0.3, 0.4) is 0 Å². The van der Waals surface area contributed by atoms with E-state index in [9.17, 15) is 24.5 Å². The van der Waals surface area contributed by atoms with Crippen molar-refractivity contribution in [2.75, 3.05) is 7.11 Å². The Kier molecular flexibility index (Phi) is 7.05. The Labute approximate surface area is 209 Å². The van der Waals surface area contributed by atoms with Gasteiger partial charge in [0.1, 0.15) is 5.75 Å². The summed E-state index contributed by atoms with van der Waals surface area (Å²) in [5.41, 5.74) is 0.685. The summed E-state index contributed by atoms with van der Waals surface area (Å²) >= 11 is 0. The van der Waals surface area contributed by atoms with E-state index in [1.54, 1.807) is 24.3 Å². The van der Waals surface area contributed by atoms with Gasteiger partial charge in [0.2, 0.25) is 5.90 Å². The van der Waals surface area contributed by atoms with Gasteiger partial charge in [0, 0.05) is 30.2 Å². The van der Waals surface area contributed by atoms with E-state index in [1.807, 2.05) is 0 Å². The highest BCUT2D eigenvalue weighted by molar-refractivity contribution is 6.13. The molecule has 0 bridgehead atoms. The minimum atomic E-state index is -0.737. The summed E-state index contributed by atoms with van der Waals surface area (Å²) < 4.78 is 21.1. The second-order valence-electron chi connectivity index (χ2n) is 7.53. The molecule has 0 amide bonds. The normalized spacial score (nSPS) is 13.5. The van der Waals surface area contributed by atoms with Gasteiger partial charge in [-0.2, -0.15) is 0 Å². The molecule has 0 aromatic heterocycles. The summed E-state index contributed by atoms with van der Waals surface area (Å²) in [5.74, 6) is -1.40. The number of carbonyl (C=O) groups is 3. The largest absolute Gasteiger partial charge is 0.493 e. The molecule has 0 radical (unpaired) electrons. The molecule has 1 aliphatic heterocycles. The molecule has 37 heavy (non-hydrogen) atoms. The van der Waals surface area contributed by atoms with Gasteiger partial charge < -0.3 is 18.9 Å². The fraction of sp³-hybridized carbons (Fsp3) is 0.0769. The maximum absolute atomic E-state index is 12.6. The van der Waals surface area contributed by atoms with Gasteiger partial charge in [0.05, 0.1) is 17.6 Å². The molecule has 0 atom stereocenters. The van der Waals surface area contributed by atoms with Gasteiger partial charge in [-0.1, -0.05) is 18.2 Å². The fourth-order valence-corrected chi connectivity index (χ4v) is 3.29. The number of nitrogens with zero attached hydrogens (tertiary/aromatic N) is 2. The van der Waals surface area contributed by atoms with Crippen LogP contribution in [-0.2, 0) is 14.3 Å². The van der Waals surface area contributed by atoms with Crippen molar-refractivity contribution in [3.63, 3.8) is 0 Å². The maximum Gasteiger partial charge on any atom is 0.363 e. The molecule has 1 heterocycles. The zero-order chi connectivity index (χ0) is 26.5. The van der Waals surface area contributed by atoms with Crippen molar-refractivity contribution in [2.45, 2.75) is 6.92 Å². The van der Waals surface area contributed by atoms with Crippen molar-refractivity contribution in [2.24, 2.45) is 4.99 Å². The van der Waals surface area contributed by atoms with E-state index in [0.29, 0.717) is 11.1 Å². The fourth-order valence-electron chi connectivity index (χ4n) is 3.29. The molecular weight excluding hydrogens is 484 g/mol. The van der Waals surface area contributed by atoms with Crippen LogP contribution in [0.4, 0.5) is 5.69 Å². The first-order valence-electron chi connectivity index (χ1n) is 10.7. The number of nitro benzene ring substituents is 1. The quantitative estimate of drug-likeness (QED) is 0.153. The average Bonchev–Trinajstić information content (AvgIpc) is 3.25. The molecule has 0 saturated carbocycles. The number of benzene rings is 3. The lowest BCUT2D eigenvalue weighted by Crippen LogP contribution is -2.09. The molecule has 0 N–H and O–H groups in total. The topological polar surface area (TPSA) is 144 Å². The molecule has 0 fully saturated rings. The minimum Gasteiger partial charge on any atom is -0.493 e. The molecule has 0 unspecified atom stereocenters. The number of nitro groups is 1.